The highest BCUT2D eigenvalue weighted by Crippen LogP contribution is 2.13. The molecule has 2 aromatic carbocycles. The second-order valence-electron chi connectivity index (χ2n) is 6.48. The first kappa shape index (κ1) is 17.5. The molecule has 1 aliphatic heterocycles. The number of para-hydroxylation sites is 1. The number of carbonyl (C=O) groups is 1. The first-order valence-electron chi connectivity index (χ1n) is 8.99. The van der Waals surface area contributed by atoms with Crippen LogP contribution < -0.4 is 4.74 Å². The molecule has 0 spiro atoms. The van der Waals surface area contributed by atoms with Gasteiger partial charge in [0.05, 0.1) is 0 Å². The van der Waals surface area contributed by atoms with E-state index in [2.05, 4.69) is 29.2 Å². The maximum Gasteiger partial charge on any atom is 0.263 e. The van der Waals surface area contributed by atoms with Gasteiger partial charge in [0.1, 0.15) is 5.75 Å². The summed E-state index contributed by atoms with van der Waals surface area (Å²) in [6.07, 6.45) is 0.612. The Morgan fingerprint density at radius 1 is 0.960 bits per heavy atom. The molecule has 0 N–H and O–H groups in total. The van der Waals surface area contributed by atoms with Crippen LogP contribution in [-0.2, 0) is 11.2 Å². The Morgan fingerprint density at radius 3 is 2.20 bits per heavy atom. The van der Waals surface area contributed by atoms with Gasteiger partial charge >= 0.3 is 0 Å². The van der Waals surface area contributed by atoms with E-state index in [-0.39, 0.29) is 5.91 Å². The monoisotopic (exact) mass is 338 g/mol. The van der Waals surface area contributed by atoms with Gasteiger partial charge in [-0.15, -0.1) is 0 Å². The van der Waals surface area contributed by atoms with Crippen LogP contribution in [0.15, 0.2) is 60.7 Å². The minimum absolute atomic E-state index is 0.0755. The standard InChI is InChI=1S/C21H26N2O2/c1-18(25-20-10-6-3-7-11-20)21(24)23-16-14-22(15-17-23)13-12-19-8-4-2-5-9-19/h2-11,18H,12-17H2,1H3/t18-/m0/s1. The Bertz CT molecular complexity index is 652. The third-order valence-corrected chi connectivity index (χ3v) is 4.65. The van der Waals surface area contributed by atoms with Crippen LogP contribution in [0.1, 0.15) is 12.5 Å². The predicted octanol–water partition coefficient (Wildman–Crippen LogP) is 2.84. The first-order chi connectivity index (χ1) is 12.2. The lowest BCUT2D eigenvalue weighted by molar-refractivity contribution is -0.139. The number of ether oxygens (including phenoxy) is 1. The van der Waals surface area contributed by atoms with Crippen molar-refractivity contribution in [1.82, 2.24) is 9.80 Å². The summed E-state index contributed by atoms with van der Waals surface area (Å²) >= 11 is 0. The Balaban J connectivity index is 1.42. The van der Waals surface area contributed by atoms with E-state index < -0.39 is 6.10 Å². The molecule has 4 heteroatoms. The quantitative estimate of drug-likeness (QED) is 0.812. The molecule has 132 valence electrons. The summed E-state index contributed by atoms with van der Waals surface area (Å²) in [4.78, 5) is 16.9. The van der Waals surface area contributed by atoms with Crippen molar-refractivity contribution in [2.45, 2.75) is 19.4 Å². The van der Waals surface area contributed by atoms with Crippen LogP contribution in [0.5, 0.6) is 5.75 Å². The lowest BCUT2D eigenvalue weighted by atomic mass is 10.1. The Morgan fingerprint density at radius 2 is 1.56 bits per heavy atom. The normalized spacial score (nSPS) is 16.4. The van der Waals surface area contributed by atoms with Crippen molar-refractivity contribution >= 4 is 5.91 Å². The van der Waals surface area contributed by atoms with Crippen molar-refractivity contribution in [2.24, 2.45) is 0 Å². The topological polar surface area (TPSA) is 32.8 Å². The first-order valence-corrected chi connectivity index (χ1v) is 8.99. The summed E-state index contributed by atoms with van der Waals surface area (Å²) in [6, 6.07) is 20.1. The Labute approximate surface area is 150 Å². The van der Waals surface area contributed by atoms with Gasteiger partial charge in [0.25, 0.3) is 5.91 Å². The van der Waals surface area contributed by atoms with Crippen LogP contribution in [0.25, 0.3) is 0 Å². The summed E-state index contributed by atoms with van der Waals surface area (Å²) < 4.78 is 5.76. The van der Waals surface area contributed by atoms with Gasteiger partial charge in [0.2, 0.25) is 0 Å². The summed E-state index contributed by atoms with van der Waals surface area (Å²) in [7, 11) is 0. The summed E-state index contributed by atoms with van der Waals surface area (Å²) in [5, 5.41) is 0. The fraction of sp³-hybridized carbons (Fsp3) is 0.381. The molecule has 4 nitrogen and oxygen atoms in total. The van der Waals surface area contributed by atoms with Gasteiger partial charge in [-0.25, -0.2) is 0 Å². The average Bonchev–Trinajstić information content (AvgIpc) is 2.68. The van der Waals surface area contributed by atoms with Crippen molar-refractivity contribution < 1.29 is 9.53 Å². The Hall–Kier alpha value is -2.33. The van der Waals surface area contributed by atoms with Crippen LogP contribution in [0.3, 0.4) is 0 Å². The molecular formula is C21H26N2O2. The van der Waals surface area contributed by atoms with Crippen molar-refractivity contribution in [3.05, 3.63) is 66.2 Å². The number of hydrogen-bond donors (Lipinski definition) is 0. The van der Waals surface area contributed by atoms with Gasteiger partial charge in [0, 0.05) is 32.7 Å². The zero-order valence-corrected chi connectivity index (χ0v) is 14.8. The molecular weight excluding hydrogens is 312 g/mol. The van der Waals surface area contributed by atoms with E-state index in [4.69, 9.17) is 4.74 Å². The molecule has 1 saturated heterocycles. The molecule has 1 fully saturated rings. The summed E-state index contributed by atoms with van der Waals surface area (Å²) in [6.45, 7) is 6.28. The maximum atomic E-state index is 12.6. The molecule has 1 aliphatic rings. The molecule has 25 heavy (non-hydrogen) atoms. The third kappa shape index (κ3) is 5.07. The van der Waals surface area contributed by atoms with E-state index in [1.165, 1.54) is 5.56 Å². The highest BCUT2D eigenvalue weighted by Gasteiger charge is 2.25. The largest absolute Gasteiger partial charge is 0.481 e. The molecule has 0 radical (unpaired) electrons. The van der Waals surface area contributed by atoms with Crippen LogP contribution in [-0.4, -0.2) is 54.5 Å². The van der Waals surface area contributed by atoms with Crippen molar-refractivity contribution in [2.75, 3.05) is 32.7 Å². The summed E-state index contributed by atoms with van der Waals surface area (Å²) in [5.41, 5.74) is 1.37. The lowest BCUT2D eigenvalue weighted by Crippen LogP contribution is -2.52. The zero-order valence-electron chi connectivity index (χ0n) is 14.8. The van der Waals surface area contributed by atoms with Gasteiger partial charge in [0.15, 0.2) is 6.10 Å². The van der Waals surface area contributed by atoms with Crippen LogP contribution >= 0.6 is 0 Å². The van der Waals surface area contributed by atoms with Gasteiger partial charge < -0.3 is 9.64 Å². The number of amides is 1. The van der Waals surface area contributed by atoms with E-state index in [1.807, 2.05) is 48.2 Å². The maximum absolute atomic E-state index is 12.6. The average molecular weight is 338 g/mol. The molecule has 2 aromatic rings. The molecule has 0 aromatic heterocycles. The molecule has 1 heterocycles. The highest BCUT2D eigenvalue weighted by molar-refractivity contribution is 5.81. The number of carbonyl (C=O) groups excluding carboxylic acids is 1. The lowest BCUT2D eigenvalue weighted by Gasteiger charge is -2.35. The van der Waals surface area contributed by atoms with Crippen LogP contribution in [0, 0.1) is 0 Å². The molecule has 0 aliphatic carbocycles. The summed E-state index contributed by atoms with van der Waals surface area (Å²) in [5.74, 6) is 0.816. The van der Waals surface area contributed by atoms with E-state index in [9.17, 15) is 4.79 Å². The van der Waals surface area contributed by atoms with Crippen molar-refractivity contribution in [1.29, 1.82) is 0 Å². The van der Waals surface area contributed by atoms with Gasteiger partial charge in [-0.05, 0) is 31.0 Å². The third-order valence-electron chi connectivity index (χ3n) is 4.65. The highest BCUT2D eigenvalue weighted by atomic mass is 16.5. The number of hydrogen-bond acceptors (Lipinski definition) is 3. The molecule has 3 rings (SSSR count). The van der Waals surface area contributed by atoms with E-state index in [0.717, 1.165) is 44.9 Å². The minimum Gasteiger partial charge on any atom is -0.481 e. The molecule has 0 saturated carbocycles. The SMILES string of the molecule is C[C@H](Oc1ccccc1)C(=O)N1CCN(CCc2ccccc2)CC1. The second kappa shape index (κ2) is 8.67. The van der Waals surface area contributed by atoms with Gasteiger partial charge in [-0.1, -0.05) is 48.5 Å². The minimum atomic E-state index is -0.446. The molecule has 1 amide bonds. The number of nitrogens with zero attached hydrogens (tertiary/aromatic N) is 2. The zero-order chi connectivity index (χ0) is 17.5. The van der Waals surface area contributed by atoms with Gasteiger partial charge in [-0.2, -0.15) is 0 Å². The van der Waals surface area contributed by atoms with Crippen LogP contribution in [0.4, 0.5) is 0 Å². The number of piperazine rings is 1. The molecule has 0 unspecified atom stereocenters. The van der Waals surface area contributed by atoms with E-state index >= 15 is 0 Å². The fourth-order valence-electron chi connectivity index (χ4n) is 3.13. The van der Waals surface area contributed by atoms with E-state index in [0.29, 0.717) is 0 Å². The Kier molecular flexibility index (Phi) is 6.07. The molecule has 0 bridgehead atoms. The molecule has 1 atom stereocenters. The number of rotatable bonds is 6. The van der Waals surface area contributed by atoms with Crippen molar-refractivity contribution in [3.63, 3.8) is 0 Å². The van der Waals surface area contributed by atoms with Gasteiger partial charge in [-0.3, -0.25) is 9.69 Å². The van der Waals surface area contributed by atoms with E-state index in [1.54, 1.807) is 0 Å². The smallest absolute Gasteiger partial charge is 0.263 e. The predicted molar refractivity (Wildman–Crippen MR) is 99.7 cm³/mol. The fourth-order valence-corrected chi connectivity index (χ4v) is 3.13. The van der Waals surface area contributed by atoms with Crippen LogP contribution in [0.2, 0.25) is 0 Å². The van der Waals surface area contributed by atoms with Crippen molar-refractivity contribution in [3.8, 4) is 5.75 Å². The number of benzene rings is 2. The second-order valence-corrected chi connectivity index (χ2v) is 6.48.